The SMILES string of the molecule is COC=CCN(c1ccccc1)c1ccc2nccnc2n1. The van der Waals surface area contributed by atoms with E-state index in [4.69, 9.17) is 4.74 Å². The minimum Gasteiger partial charge on any atom is -0.505 e. The number of pyridine rings is 1. The molecule has 0 atom stereocenters. The molecular formula is C17H16N4O. The van der Waals surface area contributed by atoms with E-state index < -0.39 is 0 Å². The number of anilines is 2. The molecule has 110 valence electrons. The Bertz CT molecular complexity index is 774. The van der Waals surface area contributed by atoms with Crippen LogP contribution < -0.4 is 4.90 Å². The number of ether oxygens (including phenoxy) is 1. The van der Waals surface area contributed by atoms with Crippen molar-refractivity contribution in [2.24, 2.45) is 0 Å². The van der Waals surface area contributed by atoms with Crippen LogP contribution >= 0.6 is 0 Å². The van der Waals surface area contributed by atoms with Crippen LogP contribution in [0.1, 0.15) is 0 Å². The highest BCUT2D eigenvalue weighted by atomic mass is 16.5. The number of methoxy groups -OCH3 is 1. The van der Waals surface area contributed by atoms with Gasteiger partial charge in [-0.1, -0.05) is 18.2 Å². The van der Waals surface area contributed by atoms with Gasteiger partial charge in [0.1, 0.15) is 11.3 Å². The lowest BCUT2D eigenvalue weighted by atomic mass is 10.2. The number of nitrogens with zero attached hydrogens (tertiary/aromatic N) is 4. The predicted octanol–water partition coefficient (Wildman–Crippen LogP) is 3.32. The number of benzene rings is 1. The molecule has 0 aliphatic rings. The Hall–Kier alpha value is -2.95. The van der Waals surface area contributed by atoms with E-state index in [2.05, 4.69) is 19.9 Å². The molecule has 0 radical (unpaired) electrons. The Labute approximate surface area is 128 Å². The molecule has 2 heterocycles. The van der Waals surface area contributed by atoms with E-state index in [0.29, 0.717) is 12.2 Å². The van der Waals surface area contributed by atoms with E-state index in [1.54, 1.807) is 25.8 Å². The lowest BCUT2D eigenvalue weighted by Crippen LogP contribution is -2.18. The van der Waals surface area contributed by atoms with Gasteiger partial charge >= 0.3 is 0 Å². The lowest BCUT2D eigenvalue weighted by Gasteiger charge is -2.22. The van der Waals surface area contributed by atoms with Crippen molar-refractivity contribution >= 4 is 22.7 Å². The van der Waals surface area contributed by atoms with E-state index in [1.165, 1.54) is 0 Å². The third kappa shape index (κ3) is 3.03. The number of hydrogen-bond acceptors (Lipinski definition) is 5. The van der Waals surface area contributed by atoms with E-state index in [-0.39, 0.29) is 0 Å². The molecule has 0 saturated carbocycles. The van der Waals surface area contributed by atoms with E-state index in [9.17, 15) is 0 Å². The first-order chi connectivity index (χ1) is 10.9. The summed E-state index contributed by atoms with van der Waals surface area (Å²) in [6, 6.07) is 14.0. The van der Waals surface area contributed by atoms with Crippen molar-refractivity contribution in [3.63, 3.8) is 0 Å². The van der Waals surface area contributed by atoms with E-state index in [0.717, 1.165) is 17.0 Å². The van der Waals surface area contributed by atoms with Gasteiger partial charge in [-0.3, -0.25) is 4.98 Å². The van der Waals surface area contributed by atoms with Crippen LogP contribution in [0.3, 0.4) is 0 Å². The Morgan fingerprint density at radius 3 is 2.68 bits per heavy atom. The van der Waals surface area contributed by atoms with Crippen molar-refractivity contribution < 1.29 is 4.74 Å². The average molecular weight is 292 g/mol. The second kappa shape index (κ2) is 6.67. The van der Waals surface area contributed by atoms with Gasteiger partial charge < -0.3 is 9.64 Å². The molecule has 3 rings (SSSR count). The minimum atomic E-state index is 0.636. The molecule has 0 fully saturated rings. The summed E-state index contributed by atoms with van der Waals surface area (Å²) in [5.41, 5.74) is 2.47. The van der Waals surface area contributed by atoms with Gasteiger partial charge in [-0.05, 0) is 30.3 Å². The molecule has 0 amide bonds. The van der Waals surface area contributed by atoms with Crippen LogP contribution in [0.4, 0.5) is 11.5 Å². The van der Waals surface area contributed by atoms with Crippen LogP contribution in [-0.4, -0.2) is 28.6 Å². The maximum atomic E-state index is 4.98. The number of para-hydroxylation sites is 1. The number of hydrogen-bond donors (Lipinski definition) is 0. The molecule has 3 aromatic rings. The highest BCUT2D eigenvalue weighted by Crippen LogP contribution is 2.24. The quantitative estimate of drug-likeness (QED) is 0.675. The zero-order chi connectivity index (χ0) is 15.2. The largest absolute Gasteiger partial charge is 0.505 e. The summed E-state index contributed by atoms with van der Waals surface area (Å²) < 4.78 is 4.98. The van der Waals surface area contributed by atoms with E-state index >= 15 is 0 Å². The minimum absolute atomic E-state index is 0.636. The van der Waals surface area contributed by atoms with Crippen LogP contribution in [0, 0.1) is 0 Å². The fraction of sp³-hybridized carbons (Fsp3) is 0.118. The Balaban J connectivity index is 2.01. The number of aromatic nitrogens is 3. The molecule has 0 N–H and O–H groups in total. The molecule has 0 aliphatic heterocycles. The highest BCUT2D eigenvalue weighted by molar-refractivity contribution is 5.73. The van der Waals surface area contributed by atoms with Crippen LogP contribution in [0.2, 0.25) is 0 Å². The first-order valence-electron chi connectivity index (χ1n) is 6.96. The smallest absolute Gasteiger partial charge is 0.180 e. The number of fused-ring (bicyclic) bond motifs is 1. The summed E-state index contributed by atoms with van der Waals surface area (Å²) in [4.78, 5) is 15.2. The second-order valence-corrected chi connectivity index (χ2v) is 4.62. The topological polar surface area (TPSA) is 51.1 Å². The van der Waals surface area contributed by atoms with Crippen molar-refractivity contribution in [3.05, 3.63) is 67.2 Å². The predicted molar refractivity (Wildman–Crippen MR) is 86.9 cm³/mol. The van der Waals surface area contributed by atoms with Gasteiger partial charge in [0.15, 0.2) is 5.65 Å². The summed E-state index contributed by atoms with van der Waals surface area (Å²) in [6.45, 7) is 0.649. The van der Waals surface area contributed by atoms with Crippen LogP contribution in [-0.2, 0) is 4.74 Å². The summed E-state index contributed by atoms with van der Waals surface area (Å²) in [7, 11) is 1.63. The van der Waals surface area contributed by atoms with Crippen molar-refractivity contribution in [1.29, 1.82) is 0 Å². The zero-order valence-electron chi connectivity index (χ0n) is 12.3. The second-order valence-electron chi connectivity index (χ2n) is 4.62. The van der Waals surface area contributed by atoms with Crippen molar-refractivity contribution in [1.82, 2.24) is 15.0 Å². The lowest BCUT2D eigenvalue weighted by molar-refractivity contribution is 0.337. The molecule has 0 saturated heterocycles. The standard InChI is InChI=1S/C17H16N4O/c1-22-13-5-12-21(14-6-3-2-4-7-14)16-9-8-15-17(20-16)19-11-10-18-15/h2-11,13H,12H2,1H3. The van der Waals surface area contributed by atoms with Crippen LogP contribution in [0.15, 0.2) is 67.2 Å². The molecule has 1 aromatic carbocycles. The Morgan fingerprint density at radius 1 is 1.05 bits per heavy atom. The van der Waals surface area contributed by atoms with Crippen LogP contribution in [0.25, 0.3) is 11.2 Å². The molecule has 0 bridgehead atoms. The maximum absolute atomic E-state index is 4.98. The fourth-order valence-corrected chi connectivity index (χ4v) is 2.18. The molecule has 5 nitrogen and oxygen atoms in total. The summed E-state index contributed by atoms with van der Waals surface area (Å²) in [5.74, 6) is 0.819. The molecule has 0 aliphatic carbocycles. The fourth-order valence-electron chi connectivity index (χ4n) is 2.18. The Morgan fingerprint density at radius 2 is 1.86 bits per heavy atom. The highest BCUT2D eigenvalue weighted by Gasteiger charge is 2.10. The summed E-state index contributed by atoms with van der Waals surface area (Å²) in [5, 5.41) is 0. The summed E-state index contributed by atoms with van der Waals surface area (Å²) in [6.07, 6.45) is 6.92. The van der Waals surface area contributed by atoms with Crippen LogP contribution in [0.5, 0.6) is 0 Å². The molecule has 5 heteroatoms. The third-order valence-corrected chi connectivity index (χ3v) is 3.18. The maximum Gasteiger partial charge on any atom is 0.180 e. The van der Waals surface area contributed by atoms with Gasteiger partial charge in [-0.25, -0.2) is 9.97 Å². The average Bonchev–Trinajstić information content (AvgIpc) is 2.59. The molecule has 2 aromatic heterocycles. The first-order valence-corrected chi connectivity index (χ1v) is 6.96. The molecular weight excluding hydrogens is 276 g/mol. The van der Waals surface area contributed by atoms with Gasteiger partial charge in [0.25, 0.3) is 0 Å². The zero-order valence-corrected chi connectivity index (χ0v) is 12.3. The van der Waals surface area contributed by atoms with Gasteiger partial charge in [0.2, 0.25) is 0 Å². The molecule has 22 heavy (non-hydrogen) atoms. The van der Waals surface area contributed by atoms with Gasteiger partial charge in [0, 0.05) is 24.6 Å². The Kier molecular flexibility index (Phi) is 4.25. The van der Waals surface area contributed by atoms with Crippen molar-refractivity contribution in [2.75, 3.05) is 18.6 Å². The normalized spacial score (nSPS) is 11.0. The van der Waals surface area contributed by atoms with Gasteiger partial charge in [0.05, 0.1) is 13.4 Å². The first kappa shape index (κ1) is 14.0. The number of rotatable bonds is 5. The van der Waals surface area contributed by atoms with E-state index in [1.807, 2.05) is 48.5 Å². The third-order valence-electron chi connectivity index (χ3n) is 3.18. The monoisotopic (exact) mass is 292 g/mol. The summed E-state index contributed by atoms with van der Waals surface area (Å²) >= 11 is 0. The van der Waals surface area contributed by atoms with Gasteiger partial charge in [-0.15, -0.1) is 0 Å². The van der Waals surface area contributed by atoms with Crippen molar-refractivity contribution in [3.8, 4) is 0 Å². The van der Waals surface area contributed by atoms with Crippen molar-refractivity contribution in [2.45, 2.75) is 0 Å². The molecule has 0 spiro atoms. The molecule has 0 unspecified atom stereocenters. The van der Waals surface area contributed by atoms with Gasteiger partial charge in [-0.2, -0.15) is 0 Å².